The number of unbranched alkanes of at least 4 members (excludes halogenated alkanes) is 1. The van der Waals surface area contributed by atoms with Gasteiger partial charge < -0.3 is 14.1 Å². The smallest absolute Gasteiger partial charge is 0.270 e. The highest BCUT2D eigenvalue weighted by Gasteiger charge is 2.26. The predicted octanol–water partition coefficient (Wildman–Crippen LogP) is 5.91. The Bertz CT molecular complexity index is 1160. The number of ketones is 1. The monoisotopic (exact) mass is 474 g/mol. The Balaban J connectivity index is 1.97. The quantitative estimate of drug-likeness (QED) is 0.184. The third-order valence-corrected chi connectivity index (χ3v) is 5.75. The molecule has 2 aromatic carbocycles. The van der Waals surface area contributed by atoms with Crippen molar-refractivity contribution in [1.82, 2.24) is 4.90 Å². The summed E-state index contributed by atoms with van der Waals surface area (Å²) in [7, 11) is 0. The maximum Gasteiger partial charge on any atom is 0.270 e. The zero-order valence-electron chi connectivity index (χ0n) is 19.5. The Kier molecular flexibility index (Phi) is 8.33. The molecule has 0 atom stereocenters. The average Bonchev–Trinajstić information content (AvgIpc) is 3.18. The topological polar surface area (TPSA) is 85.8 Å². The lowest BCUT2D eigenvalue weighted by Crippen LogP contribution is -2.28. The van der Waals surface area contributed by atoms with Gasteiger partial charge in [-0.1, -0.05) is 27.2 Å². The van der Waals surface area contributed by atoms with E-state index in [1.807, 2.05) is 20.8 Å². The molecule has 0 aliphatic carbocycles. The van der Waals surface area contributed by atoms with Crippen molar-refractivity contribution in [2.75, 3.05) is 26.2 Å². The minimum atomic E-state index is -0.989. The number of rotatable bonds is 12. The van der Waals surface area contributed by atoms with Crippen LogP contribution in [0.5, 0.6) is 5.75 Å². The Morgan fingerprint density at radius 2 is 1.79 bits per heavy atom. The van der Waals surface area contributed by atoms with Crippen LogP contribution >= 0.6 is 0 Å². The SMILES string of the molecule is CCCCc1oc2ccc([N+](=O)[O-])cc2c1C(=O)c1cc(F)c(OCCN(CC)CC)c(F)c1. The lowest BCUT2D eigenvalue weighted by Gasteiger charge is -2.18. The van der Waals surface area contributed by atoms with Gasteiger partial charge in [-0.25, -0.2) is 8.78 Å². The first-order valence-corrected chi connectivity index (χ1v) is 11.4. The number of hydrogen-bond donors (Lipinski definition) is 0. The summed E-state index contributed by atoms with van der Waals surface area (Å²) < 4.78 is 40.6. The van der Waals surface area contributed by atoms with Crippen LogP contribution in [0.4, 0.5) is 14.5 Å². The molecule has 1 aromatic heterocycles. The molecule has 0 saturated heterocycles. The Hall–Kier alpha value is -3.33. The van der Waals surface area contributed by atoms with Gasteiger partial charge in [0, 0.05) is 36.0 Å². The fourth-order valence-corrected chi connectivity index (χ4v) is 3.80. The van der Waals surface area contributed by atoms with E-state index in [1.165, 1.54) is 18.2 Å². The van der Waals surface area contributed by atoms with Crippen LogP contribution in [0.2, 0.25) is 0 Å². The minimum absolute atomic E-state index is 0.0844. The van der Waals surface area contributed by atoms with Gasteiger partial charge in [0.2, 0.25) is 0 Å². The summed E-state index contributed by atoms with van der Waals surface area (Å²) in [6.45, 7) is 8.11. The second kappa shape index (κ2) is 11.2. The largest absolute Gasteiger partial charge is 0.486 e. The molecule has 3 aromatic rings. The van der Waals surface area contributed by atoms with Crippen molar-refractivity contribution in [3.63, 3.8) is 0 Å². The van der Waals surface area contributed by atoms with Crippen molar-refractivity contribution < 1.29 is 27.7 Å². The van der Waals surface area contributed by atoms with Crippen LogP contribution in [-0.4, -0.2) is 41.8 Å². The van der Waals surface area contributed by atoms with Gasteiger partial charge in [-0.15, -0.1) is 0 Å². The maximum atomic E-state index is 14.7. The number of nitro groups is 1. The van der Waals surface area contributed by atoms with E-state index in [-0.39, 0.29) is 28.8 Å². The Morgan fingerprint density at radius 3 is 2.38 bits per heavy atom. The van der Waals surface area contributed by atoms with E-state index in [0.29, 0.717) is 30.7 Å². The number of carbonyl (C=O) groups excluding carboxylic acids is 1. The molecule has 3 rings (SSSR count). The predicted molar refractivity (Wildman–Crippen MR) is 125 cm³/mol. The lowest BCUT2D eigenvalue weighted by atomic mass is 9.97. The van der Waals surface area contributed by atoms with Gasteiger partial charge >= 0.3 is 0 Å². The summed E-state index contributed by atoms with van der Waals surface area (Å²) in [4.78, 5) is 26.1. The minimum Gasteiger partial charge on any atom is -0.486 e. The molecule has 0 spiro atoms. The Labute approximate surface area is 196 Å². The van der Waals surface area contributed by atoms with Crippen molar-refractivity contribution in [3.05, 3.63) is 69.0 Å². The number of aryl methyl sites for hydroxylation is 1. The second-order valence-corrected chi connectivity index (χ2v) is 7.91. The number of ether oxygens (including phenoxy) is 1. The van der Waals surface area contributed by atoms with Crippen molar-refractivity contribution in [2.24, 2.45) is 0 Å². The summed E-state index contributed by atoms with van der Waals surface area (Å²) in [5.74, 6) is -2.85. The molecule has 0 amide bonds. The molecular weight excluding hydrogens is 446 g/mol. The summed E-state index contributed by atoms with van der Waals surface area (Å²) in [6, 6.07) is 5.82. The maximum absolute atomic E-state index is 14.7. The van der Waals surface area contributed by atoms with Crippen LogP contribution in [0.3, 0.4) is 0 Å². The normalized spacial score (nSPS) is 11.4. The summed E-state index contributed by atoms with van der Waals surface area (Å²) in [6.07, 6.45) is 1.95. The highest BCUT2D eigenvalue weighted by Crippen LogP contribution is 2.33. The molecule has 0 aliphatic rings. The van der Waals surface area contributed by atoms with E-state index in [2.05, 4.69) is 4.90 Å². The summed E-state index contributed by atoms with van der Waals surface area (Å²) in [5, 5.41) is 11.5. The number of halogens is 2. The number of fused-ring (bicyclic) bond motifs is 1. The van der Waals surface area contributed by atoms with E-state index in [4.69, 9.17) is 9.15 Å². The molecule has 7 nitrogen and oxygen atoms in total. The van der Waals surface area contributed by atoms with Crippen molar-refractivity contribution in [1.29, 1.82) is 0 Å². The molecule has 0 aliphatic heterocycles. The molecule has 0 saturated carbocycles. The molecular formula is C25H28F2N2O5. The van der Waals surface area contributed by atoms with Gasteiger partial charge in [0.15, 0.2) is 23.2 Å². The first-order valence-electron chi connectivity index (χ1n) is 11.4. The second-order valence-electron chi connectivity index (χ2n) is 7.91. The number of likely N-dealkylation sites (N-methyl/N-ethyl adjacent to an activating group) is 1. The molecule has 34 heavy (non-hydrogen) atoms. The number of nitro benzene ring substituents is 1. The van der Waals surface area contributed by atoms with Gasteiger partial charge in [-0.05, 0) is 37.7 Å². The van der Waals surface area contributed by atoms with Gasteiger partial charge in [-0.2, -0.15) is 0 Å². The molecule has 0 bridgehead atoms. The zero-order chi connectivity index (χ0) is 24.8. The molecule has 0 radical (unpaired) electrons. The van der Waals surface area contributed by atoms with Crippen molar-refractivity contribution in [3.8, 4) is 5.75 Å². The molecule has 182 valence electrons. The van der Waals surface area contributed by atoms with Crippen LogP contribution in [0.15, 0.2) is 34.7 Å². The fourth-order valence-electron chi connectivity index (χ4n) is 3.80. The van der Waals surface area contributed by atoms with Crippen LogP contribution in [0, 0.1) is 21.7 Å². The highest BCUT2D eigenvalue weighted by molar-refractivity contribution is 6.17. The first-order chi connectivity index (χ1) is 16.3. The number of benzene rings is 2. The third-order valence-electron chi connectivity index (χ3n) is 5.75. The van der Waals surface area contributed by atoms with E-state index < -0.39 is 28.1 Å². The van der Waals surface area contributed by atoms with Gasteiger partial charge in [0.25, 0.3) is 5.69 Å². The third kappa shape index (κ3) is 5.41. The molecule has 0 fully saturated rings. The lowest BCUT2D eigenvalue weighted by molar-refractivity contribution is -0.384. The molecule has 9 heteroatoms. The number of hydrogen-bond acceptors (Lipinski definition) is 6. The van der Waals surface area contributed by atoms with Gasteiger partial charge in [-0.3, -0.25) is 14.9 Å². The molecule has 1 heterocycles. The van der Waals surface area contributed by atoms with E-state index in [9.17, 15) is 23.7 Å². The summed E-state index contributed by atoms with van der Waals surface area (Å²) >= 11 is 0. The standard InChI is InChI=1S/C25H28F2N2O5/c1-4-7-8-22-23(18-15-17(29(31)32)9-10-21(18)34-22)24(30)16-13-19(26)25(20(27)14-16)33-12-11-28(5-2)6-3/h9-10,13-15H,4-8,11-12H2,1-3H3. The number of non-ortho nitro benzene ring substituents is 1. The number of nitrogens with zero attached hydrogens (tertiary/aromatic N) is 2. The molecule has 0 N–H and O–H groups in total. The van der Waals surface area contributed by atoms with E-state index >= 15 is 0 Å². The van der Waals surface area contributed by atoms with Gasteiger partial charge in [0.05, 0.1) is 10.5 Å². The van der Waals surface area contributed by atoms with Crippen LogP contribution in [0.1, 0.15) is 55.3 Å². The average molecular weight is 475 g/mol. The van der Waals surface area contributed by atoms with Crippen molar-refractivity contribution >= 4 is 22.4 Å². The fraction of sp³-hybridized carbons (Fsp3) is 0.400. The molecule has 0 unspecified atom stereocenters. The van der Waals surface area contributed by atoms with Crippen molar-refractivity contribution in [2.45, 2.75) is 40.0 Å². The summed E-state index contributed by atoms with van der Waals surface area (Å²) in [5.41, 5.74) is -0.0461. The van der Waals surface area contributed by atoms with E-state index in [0.717, 1.165) is 31.6 Å². The number of carbonyl (C=O) groups is 1. The zero-order valence-corrected chi connectivity index (χ0v) is 19.5. The first kappa shape index (κ1) is 25.3. The highest BCUT2D eigenvalue weighted by atomic mass is 19.1. The Morgan fingerprint density at radius 1 is 1.12 bits per heavy atom. The van der Waals surface area contributed by atoms with Gasteiger partial charge in [0.1, 0.15) is 18.0 Å². The van der Waals surface area contributed by atoms with Crippen LogP contribution in [0.25, 0.3) is 11.0 Å². The van der Waals surface area contributed by atoms with E-state index in [1.54, 1.807) is 0 Å². The van der Waals surface area contributed by atoms with Crippen LogP contribution in [-0.2, 0) is 6.42 Å². The van der Waals surface area contributed by atoms with Crippen LogP contribution < -0.4 is 4.74 Å². The number of furan rings is 1.